The van der Waals surface area contributed by atoms with Gasteiger partial charge in [0.05, 0.1) is 0 Å². The summed E-state index contributed by atoms with van der Waals surface area (Å²) in [6.07, 6.45) is -4.34. The van der Waals surface area contributed by atoms with Crippen LogP contribution in [0.2, 0.25) is 0 Å². The highest BCUT2D eigenvalue weighted by Gasteiger charge is 2.30. The lowest BCUT2D eigenvalue weighted by molar-refractivity contribution is -0.143. The first kappa shape index (κ1) is 16.6. The third-order valence-electron chi connectivity index (χ3n) is 2.09. The number of halogens is 2. The SMILES string of the molecule is CN(C(=O)OC(C)(C)C)C(CCC(F)F)C(=O)O. The zero-order chi connectivity index (χ0) is 14.5. The molecule has 1 amide bonds. The maximum absolute atomic E-state index is 12.1. The summed E-state index contributed by atoms with van der Waals surface area (Å²) in [7, 11) is 1.22. The van der Waals surface area contributed by atoms with Crippen molar-refractivity contribution >= 4 is 12.1 Å². The van der Waals surface area contributed by atoms with E-state index in [4.69, 9.17) is 9.84 Å². The van der Waals surface area contributed by atoms with E-state index in [-0.39, 0.29) is 6.42 Å². The van der Waals surface area contributed by atoms with Gasteiger partial charge < -0.3 is 9.84 Å². The smallest absolute Gasteiger partial charge is 0.410 e. The van der Waals surface area contributed by atoms with Crippen molar-refractivity contribution in [3.05, 3.63) is 0 Å². The molecule has 7 heteroatoms. The van der Waals surface area contributed by atoms with E-state index in [0.717, 1.165) is 4.90 Å². The highest BCUT2D eigenvalue weighted by atomic mass is 19.3. The number of amides is 1. The number of carbonyl (C=O) groups excluding carboxylic acids is 1. The molecule has 0 aromatic carbocycles. The number of carbonyl (C=O) groups is 2. The van der Waals surface area contributed by atoms with Crippen LogP contribution < -0.4 is 0 Å². The van der Waals surface area contributed by atoms with Crippen molar-refractivity contribution in [1.29, 1.82) is 0 Å². The van der Waals surface area contributed by atoms with Gasteiger partial charge in [0.15, 0.2) is 0 Å². The average molecular weight is 267 g/mol. The van der Waals surface area contributed by atoms with Gasteiger partial charge in [0, 0.05) is 13.5 Å². The monoisotopic (exact) mass is 267 g/mol. The van der Waals surface area contributed by atoms with Gasteiger partial charge in [-0.05, 0) is 27.2 Å². The predicted octanol–water partition coefficient (Wildman–Crippen LogP) is 2.35. The Hall–Kier alpha value is -1.40. The molecule has 0 saturated heterocycles. The number of ether oxygens (including phenoxy) is 1. The van der Waals surface area contributed by atoms with Crippen LogP contribution >= 0.6 is 0 Å². The average Bonchev–Trinajstić information content (AvgIpc) is 2.13. The number of carboxylic acid groups (broad SMARTS) is 1. The second-order valence-corrected chi connectivity index (χ2v) is 4.91. The molecule has 0 spiro atoms. The molecule has 1 N–H and O–H groups in total. The van der Waals surface area contributed by atoms with Gasteiger partial charge in [-0.2, -0.15) is 0 Å². The fourth-order valence-corrected chi connectivity index (χ4v) is 1.23. The topological polar surface area (TPSA) is 66.8 Å². The number of nitrogens with zero attached hydrogens (tertiary/aromatic N) is 1. The molecule has 0 saturated carbocycles. The molecule has 0 fully saturated rings. The van der Waals surface area contributed by atoms with Crippen molar-refractivity contribution in [3.63, 3.8) is 0 Å². The summed E-state index contributed by atoms with van der Waals surface area (Å²) in [4.78, 5) is 23.4. The molecule has 0 rings (SSSR count). The fraction of sp³-hybridized carbons (Fsp3) is 0.818. The summed E-state index contributed by atoms with van der Waals surface area (Å²) >= 11 is 0. The van der Waals surface area contributed by atoms with Crippen molar-refractivity contribution in [2.45, 2.75) is 51.7 Å². The Balaban J connectivity index is 4.61. The third-order valence-corrected chi connectivity index (χ3v) is 2.09. The first-order valence-electron chi connectivity index (χ1n) is 5.51. The minimum atomic E-state index is -2.60. The van der Waals surface area contributed by atoms with Gasteiger partial charge in [0.2, 0.25) is 6.43 Å². The van der Waals surface area contributed by atoms with E-state index in [9.17, 15) is 18.4 Å². The molecule has 0 aliphatic rings. The summed E-state index contributed by atoms with van der Waals surface area (Å²) < 4.78 is 29.1. The van der Waals surface area contributed by atoms with Crippen LogP contribution in [0.5, 0.6) is 0 Å². The van der Waals surface area contributed by atoms with E-state index in [0.29, 0.717) is 0 Å². The van der Waals surface area contributed by atoms with Crippen molar-refractivity contribution in [2.24, 2.45) is 0 Å². The number of likely N-dealkylation sites (N-methyl/N-ethyl adjacent to an activating group) is 1. The summed E-state index contributed by atoms with van der Waals surface area (Å²) in [6, 6.07) is -1.31. The van der Waals surface area contributed by atoms with E-state index < -0.39 is 36.6 Å². The zero-order valence-electron chi connectivity index (χ0n) is 10.9. The second kappa shape index (κ2) is 6.51. The van der Waals surface area contributed by atoms with E-state index in [2.05, 4.69) is 0 Å². The summed E-state index contributed by atoms with van der Waals surface area (Å²) in [5.74, 6) is -1.33. The molecule has 0 heterocycles. The summed E-state index contributed by atoms with van der Waals surface area (Å²) in [5, 5.41) is 8.91. The van der Waals surface area contributed by atoms with Crippen LogP contribution in [0.3, 0.4) is 0 Å². The van der Waals surface area contributed by atoms with E-state index >= 15 is 0 Å². The molecule has 0 aliphatic carbocycles. The minimum absolute atomic E-state index is 0.317. The van der Waals surface area contributed by atoms with Crippen molar-refractivity contribution in [1.82, 2.24) is 4.90 Å². The number of hydrogen-bond donors (Lipinski definition) is 1. The maximum Gasteiger partial charge on any atom is 0.410 e. The molecule has 0 aromatic rings. The second-order valence-electron chi connectivity index (χ2n) is 4.91. The Labute approximate surface area is 105 Å². The Morgan fingerprint density at radius 3 is 2.11 bits per heavy atom. The predicted molar refractivity (Wildman–Crippen MR) is 60.7 cm³/mol. The van der Waals surface area contributed by atoms with Crippen molar-refractivity contribution in [3.8, 4) is 0 Å². The van der Waals surface area contributed by atoms with E-state index in [1.807, 2.05) is 0 Å². The Morgan fingerprint density at radius 1 is 1.28 bits per heavy atom. The van der Waals surface area contributed by atoms with Crippen LogP contribution in [0.15, 0.2) is 0 Å². The third kappa shape index (κ3) is 6.36. The molecule has 0 aromatic heterocycles. The molecule has 1 atom stereocenters. The standard InChI is InChI=1S/C11H19F2NO4/c1-11(2,3)18-10(17)14(4)7(9(15)16)5-6-8(12)13/h7-8H,5-6H2,1-4H3,(H,15,16). The zero-order valence-corrected chi connectivity index (χ0v) is 10.9. The number of alkyl halides is 2. The number of carboxylic acids is 1. The first-order valence-corrected chi connectivity index (χ1v) is 5.51. The van der Waals surface area contributed by atoms with Crippen LogP contribution in [-0.2, 0) is 9.53 Å². The van der Waals surface area contributed by atoms with E-state index in [1.165, 1.54) is 7.05 Å². The first-order chi connectivity index (χ1) is 8.04. The fourth-order valence-electron chi connectivity index (χ4n) is 1.23. The number of hydrogen-bond acceptors (Lipinski definition) is 3. The van der Waals surface area contributed by atoms with Gasteiger partial charge in [-0.1, -0.05) is 0 Å². The van der Waals surface area contributed by atoms with Gasteiger partial charge in [-0.3, -0.25) is 4.90 Å². The van der Waals surface area contributed by atoms with Crippen molar-refractivity contribution in [2.75, 3.05) is 7.05 Å². The van der Waals surface area contributed by atoms with Gasteiger partial charge in [0.25, 0.3) is 0 Å². The lowest BCUT2D eigenvalue weighted by Crippen LogP contribution is -2.45. The summed E-state index contributed by atoms with van der Waals surface area (Å²) in [6.45, 7) is 4.90. The largest absolute Gasteiger partial charge is 0.480 e. The Bertz CT molecular complexity index is 302. The molecule has 18 heavy (non-hydrogen) atoms. The van der Waals surface area contributed by atoms with Crippen molar-refractivity contribution < 1.29 is 28.2 Å². The lowest BCUT2D eigenvalue weighted by atomic mass is 10.1. The van der Waals surface area contributed by atoms with E-state index in [1.54, 1.807) is 20.8 Å². The highest BCUT2D eigenvalue weighted by molar-refractivity contribution is 5.79. The quantitative estimate of drug-likeness (QED) is 0.830. The molecular weight excluding hydrogens is 248 g/mol. The molecule has 1 unspecified atom stereocenters. The van der Waals surface area contributed by atoms with Gasteiger partial charge in [-0.25, -0.2) is 18.4 Å². The Kier molecular flexibility index (Phi) is 6.00. The van der Waals surface area contributed by atoms with Crippen LogP contribution in [0.1, 0.15) is 33.6 Å². The lowest BCUT2D eigenvalue weighted by Gasteiger charge is -2.28. The molecule has 0 bridgehead atoms. The normalized spacial score (nSPS) is 13.3. The minimum Gasteiger partial charge on any atom is -0.480 e. The molecule has 5 nitrogen and oxygen atoms in total. The van der Waals surface area contributed by atoms with Gasteiger partial charge in [0.1, 0.15) is 11.6 Å². The van der Waals surface area contributed by atoms with Crippen LogP contribution in [0, 0.1) is 0 Å². The Morgan fingerprint density at radius 2 is 1.78 bits per heavy atom. The number of aliphatic carboxylic acids is 1. The highest BCUT2D eigenvalue weighted by Crippen LogP contribution is 2.15. The van der Waals surface area contributed by atoms with Gasteiger partial charge in [-0.15, -0.1) is 0 Å². The molecule has 0 radical (unpaired) electrons. The maximum atomic E-state index is 12.1. The molecule has 0 aliphatic heterocycles. The summed E-state index contributed by atoms with van der Waals surface area (Å²) in [5.41, 5.74) is -0.767. The van der Waals surface area contributed by atoms with Gasteiger partial charge >= 0.3 is 12.1 Å². The molecule has 106 valence electrons. The molecular formula is C11H19F2NO4. The van der Waals surface area contributed by atoms with Crippen LogP contribution in [0.25, 0.3) is 0 Å². The van der Waals surface area contributed by atoms with Crippen LogP contribution in [0.4, 0.5) is 13.6 Å². The number of rotatable bonds is 5. The van der Waals surface area contributed by atoms with Crippen LogP contribution in [-0.4, -0.2) is 47.2 Å².